The van der Waals surface area contributed by atoms with Crippen LogP contribution in [0.5, 0.6) is 0 Å². The lowest BCUT2D eigenvalue weighted by atomic mass is 10.0. The SMILES string of the molecule is CCOC(=O)c1[nH]c(-c2ccc3ccc(-c4[nH]c(C(=O)OCC)c(CC)c4CC)nc3n2)c(CC)c1CC. The van der Waals surface area contributed by atoms with Crippen molar-refractivity contribution in [2.75, 3.05) is 13.2 Å². The van der Waals surface area contributed by atoms with E-state index >= 15 is 0 Å². The van der Waals surface area contributed by atoms with Crippen LogP contribution in [0.3, 0.4) is 0 Å². The lowest BCUT2D eigenvalue weighted by Crippen LogP contribution is -2.08. The average molecular weight is 517 g/mol. The van der Waals surface area contributed by atoms with Crippen LogP contribution < -0.4 is 0 Å². The topological polar surface area (TPSA) is 110 Å². The highest BCUT2D eigenvalue weighted by molar-refractivity contribution is 5.93. The number of hydrogen-bond donors (Lipinski definition) is 2. The van der Waals surface area contributed by atoms with Gasteiger partial charge in [0.2, 0.25) is 0 Å². The monoisotopic (exact) mass is 516 g/mol. The molecule has 38 heavy (non-hydrogen) atoms. The van der Waals surface area contributed by atoms with Gasteiger partial charge in [-0.25, -0.2) is 19.6 Å². The molecular formula is C30H36N4O4. The molecule has 0 saturated carbocycles. The molecule has 8 nitrogen and oxygen atoms in total. The fraction of sp³-hybridized carbons (Fsp3) is 0.400. The second-order valence-corrected chi connectivity index (χ2v) is 8.96. The van der Waals surface area contributed by atoms with Gasteiger partial charge in [-0.1, -0.05) is 27.7 Å². The first kappa shape index (κ1) is 27.1. The molecular weight excluding hydrogens is 480 g/mol. The minimum absolute atomic E-state index is 0.314. The molecule has 4 heterocycles. The van der Waals surface area contributed by atoms with Gasteiger partial charge in [0.25, 0.3) is 0 Å². The Kier molecular flexibility index (Phi) is 8.29. The van der Waals surface area contributed by atoms with E-state index < -0.39 is 0 Å². The molecule has 0 aliphatic carbocycles. The van der Waals surface area contributed by atoms with Crippen molar-refractivity contribution in [3.05, 3.63) is 57.9 Å². The third kappa shape index (κ3) is 4.83. The fourth-order valence-corrected chi connectivity index (χ4v) is 5.19. The van der Waals surface area contributed by atoms with Crippen LogP contribution in [0.1, 0.15) is 84.8 Å². The summed E-state index contributed by atoms with van der Waals surface area (Å²) in [5.41, 5.74) is 8.65. The summed E-state index contributed by atoms with van der Waals surface area (Å²) in [7, 11) is 0. The zero-order chi connectivity index (χ0) is 27.4. The smallest absolute Gasteiger partial charge is 0.355 e. The van der Waals surface area contributed by atoms with Crippen molar-refractivity contribution < 1.29 is 19.1 Å². The summed E-state index contributed by atoms with van der Waals surface area (Å²) >= 11 is 0. The number of rotatable bonds is 10. The lowest BCUT2D eigenvalue weighted by molar-refractivity contribution is 0.0509. The van der Waals surface area contributed by atoms with Crippen molar-refractivity contribution in [2.45, 2.75) is 67.2 Å². The molecule has 0 amide bonds. The predicted octanol–water partition coefficient (Wildman–Crippen LogP) is 6.22. The molecule has 0 aliphatic heterocycles. The zero-order valence-electron chi connectivity index (χ0n) is 23.1. The van der Waals surface area contributed by atoms with Crippen molar-refractivity contribution in [1.82, 2.24) is 19.9 Å². The summed E-state index contributed by atoms with van der Waals surface area (Å²) in [6, 6.07) is 7.87. The second kappa shape index (κ2) is 11.6. The molecule has 4 aromatic rings. The highest BCUT2D eigenvalue weighted by atomic mass is 16.5. The number of aromatic nitrogens is 4. The Labute approximate surface area is 223 Å². The van der Waals surface area contributed by atoms with Gasteiger partial charge < -0.3 is 19.4 Å². The minimum Gasteiger partial charge on any atom is -0.461 e. The van der Waals surface area contributed by atoms with Crippen molar-refractivity contribution >= 4 is 23.0 Å². The molecule has 0 aromatic carbocycles. The molecule has 0 atom stereocenters. The van der Waals surface area contributed by atoms with Gasteiger partial charge in [-0.3, -0.25) is 0 Å². The number of carbonyl (C=O) groups is 2. The van der Waals surface area contributed by atoms with E-state index in [9.17, 15) is 9.59 Å². The van der Waals surface area contributed by atoms with Gasteiger partial charge in [-0.05, 0) is 86.1 Å². The molecule has 0 radical (unpaired) electrons. The van der Waals surface area contributed by atoms with E-state index in [2.05, 4.69) is 23.8 Å². The van der Waals surface area contributed by atoms with Crippen LogP contribution in [-0.4, -0.2) is 45.1 Å². The average Bonchev–Trinajstić information content (AvgIpc) is 3.50. The van der Waals surface area contributed by atoms with E-state index in [0.717, 1.165) is 51.9 Å². The summed E-state index contributed by atoms with van der Waals surface area (Å²) in [5.74, 6) is -0.705. The van der Waals surface area contributed by atoms with Crippen molar-refractivity contribution in [2.24, 2.45) is 0 Å². The molecule has 0 fully saturated rings. The van der Waals surface area contributed by atoms with Gasteiger partial charge in [0.05, 0.1) is 36.0 Å². The molecule has 200 valence electrons. The molecule has 2 N–H and O–H groups in total. The fourth-order valence-electron chi connectivity index (χ4n) is 5.19. The Morgan fingerprint density at radius 3 is 1.37 bits per heavy atom. The van der Waals surface area contributed by atoms with Crippen LogP contribution in [0.25, 0.3) is 33.8 Å². The molecule has 0 unspecified atom stereocenters. The molecule has 4 rings (SSSR count). The maximum Gasteiger partial charge on any atom is 0.355 e. The van der Waals surface area contributed by atoms with Crippen LogP contribution in [0.15, 0.2) is 24.3 Å². The number of nitrogens with one attached hydrogen (secondary N) is 2. The molecule has 0 bridgehead atoms. The standard InChI is InChI=1S/C30H36N4O4/c1-7-18-20(9-3)26(29(35)37-11-5)33-24(18)22-15-13-17-14-16-23(32-28(17)31-22)25-19(8-2)21(10-4)27(34-25)30(36)38-12-6/h13-16,33-34H,7-12H2,1-6H3. The maximum atomic E-state index is 12.6. The molecule has 0 spiro atoms. The molecule has 0 aliphatic rings. The van der Waals surface area contributed by atoms with E-state index in [1.807, 2.05) is 38.1 Å². The first-order valence-corrected chi connectivity index (χ1v) is 13.5. The van der Waals surface area contributed by atoms with Crippen LogP contribution in [0, 0.1) is 0 Å². The Morgan fingerprint density at radius 2 is 1.03 bits per heavy atom. The van der Waals surface area contributed by atoms with Gasteiger partial charge in [0.1, 0.15) is 11.4 Å². The van der Waals surface area contributed by atoms with Gasteiger partial charge >= 0.3 is 11.9 Å². The third-order valence-corrected chi connectivity index (χ3v) is 6.87. The number of nitrogens with zero attached hydrogens (tertiary/aromatic N) is 2. The zero-order valence-corrected chi connectivity index (χ0v) is 23.1. The largest absolute Gasteiger partial charge is 0.461 e. The quantitative estimate of drug-likeness (QED) is 0.242. The number of ether oxygens (including phenoxy) is 2. The highest BCUT2D eigenvalue weighted by Crippen LogP contribution is 2.32. The number of aromatic amines is 2. The van der Waals surface area contributed by atoms with E-state index in [1.165, 1.54) is 0 Å². The maximum absolute atomic E-state index is 12.6. The number of H-pyrrole nitrogens is 2. The Morgan fingerprint density at radius 1 is 0.632 bits per heavy atom. The van der Waals surface area contributed by atoms with Crippen molar-refractivity contribution in [1.29, 1.82) is 0 Å². The number of carbonyl (C=O) groups excluding carboxylic acids is 2. The summed E-state index contributed by atoms with van der Waals surface area (Å²) in [5, 5.41) is 0.898. The highest BCUT2D eigenvalue weighted by Gasteiger charge is 2.24. The van der Waals surface area contributed by atoms with E-state index in [0.29, 0.717) is 54.5 Å². The Balaban J connectivity index is 1.84. The van der Waals surface area contributed by atoms with Crippen molar-refractivity contribution in [3.8, 4) is 22.8 Å². The first-order valence-electron chi connectivity index (χ1n) is 13.5. The van der Waals surface area contributed by atoms with Gasteiger partial charge in [0, 0.05) is 5.39 Å². The van der Waals surface area contributed by atoms with Crippen molar-refractivity contribution in [3.63, 3.8) is 0 Å². The summed E-state index contributed by atoms with van der Waals surface area (Å²) in [4.78, 5) is 41.7. The molecule has 8 heteroatoms. The summed E-state index contributed by atoms with van der Waals surface area (Å²) in [6.07, 6.45) is 2.92. The number of fused-ring (bicyclic) bond motifs is 1. The van der Waals surface area contributed by atoms with Crippen LogP contribution in [0.2, 0.25) is 0 Å². The number of esters is 2. The third-order valence-electron chi connectivity index (χ3n) is 6.87. The van der Waals surface area contributed by atoms with Crippen LogP contribution in [-0.2, 0) is 35.2 Å². The van der Waals surface area contributed by atoms with Crippen LogP contribution in [0.4, 0.5) is 0 Å². The number of pyridine rings is 2. The Hall–Kier alpha value is -3.94. The lowest BCUT2D eigenvalue weighted by Gasteiger charge is -2.07. The Bertz CT molecular complexity index is 1370. The first-order chi connectivity index (χ1) is 18.4. The number of hydrogen-bond acceptors (Lipinski definition) is 6. The molecule has 4 aromatic heterocycles. The summed E-state index contributed by atoms with van der Waals surface area (Å²) in [6.45, 7) is 12.4. The minimum atomic E-state index is -0.352. The predicted molar refractivity (Wildman–Crippen MR) is 149 cm³/mol. The molecule has 0 saturated heterocycles. The van der Waals surface area contributed by atoms with E-state index in [-0.39, 0.29) is 11.9 Å². The van der Waals surface area contributed by atoms with E-state index in [4.69, 9.17) is 19.4 Å². The van der Waals surface area contributed by atoms with Gasteiger partial charge in [-0.15, -0.1) is 0 Å². The van der Waals surface area contributed by atoms with Gasteiger partial charge in [-0.2, -0.15) is 0 Å². The van der Waals surface area contributed by atoms with Gasteiger partial charge in [0.15, 0.2) is 5.65 Å². The van der Waals surface area contributed by atoms with Crippen LogP contribution >= 0.6 is 0 Å². The van der Waals surface area contributed by atoms with E-state index in [1.54, 1.807) is 13.8 Å². The second-order valence-electron chi connectivity index (χ2n) is 8.96. The summed E-state index contributed by atoms with van der Waals surface area (Å²) < 4.78 is 10.6. The normalized spacial score (nSPS) is 11.2.